The summed E-state index contributed by atoms with van der Waals surface area (Å²) in [6, 6.07) is 0. The minimum absolute atomic E-state index is 0.723. The Morgan fingerprint density at radius 3 is 2.35 bits per heavy atom. The molecular formula is C10H16O7. The lowest BCUT2D eigenvalue weighted by molar-refractivity contribution is -0.152. The van der Waals surface area contributed by atoms with E-state index in [1.165, 1.54) is 6.08 Å². The Morgan fingerprint density at radius 2 is 1.88 bits per heavy atom. The van der Waals surface area contributed by atoms with Crippen molar-refractivity contribution in [2.24, 2.45) is 0 Å². The maximum atomic E-state index is 11.2. The number of aliphatic hydroxyl groups is 4. The van der Waals surface area contributed by atoms with Gasteiger partial charge in [0.25, 0.3) is 0 Å². The number of rotatable bonds is 7. The molecule has 0 aliphatic carbocycles. The first-order valence-electron chi connectivity index (χ1n) is 4.91. The van der Waals surface area contributed by atoms with Crippen molar-refractivity contribution in [3.63, 3.8) is 0 Å². The Bertz CT molecular complexity index is 286. The molecule has 7 nitrogen and oxygen atoms in total. The zero-order valence-electron chi connectivity index (χ0n) is 9.31. The summed E-state index contributed by atoms with van der Waals surface area (Å²) in [7, 11) is 0. The van der Waals surface area contributed by atoms with E-state index in [1.807, 2.05) is 0 Å². The van der Waals surface area contributed by atoms with Crippen LogP contribution in [-0.4, -0.2) is 63.7 Å². The van der Waals surface area contributed by atoms with Gasteiger partial charge >= 0.3 is 5.97 Å². The SMILES string of the molecule is C/C=C/C(=O)OCC(=O)[C@@H](O)[C@H](O)[C@H](O)CO. The second-order valence-corrected chi connectivity index (χ2v) is 3.26. The first-order valence-corrected chi connectivity index (χ1v) is 4.91. The first-order chi connectivity index (χ1) is 7.93. The summed E-state index contributed by atoms with van der Waals surface area (Å²) >= 11 is 0. The lowest BCUT2D eigenvalue weighted by Gasteiger charge is -2.20. The topological polar surface area (TPSA) is 124 Å². The van der Waals surface area contributed by atoms with E-state index in [2.05, 4.69) is 4.74 Å². The molecule has 7 heteroatoms. The standard InChI is InChI=1S/C10H16O7/c1-2-3-8(14)17-5-7(13)10(16)9(15)6(12)4-11/h2-3,6,9-12,15-16H,4-5H2,1H3/b3-2+/t6-,9-,10-/m1/s1. The van der Waals surface area contributed by atoms with Crippen molar-refractivity contribution in [3.8, 4) is 0 Å². The Kier molecular flexibility index (Phi) is 7.31. The highest BCUT2D eigenvalue weighted by Crippen LogP contribution is 2.02. The summed E-state index contributed by atoms with van der Waals surface area (Å²) < 4.78 is 4.44. The Morgan fingerprint density at radius 1 is 1.29 bits per heavy atom. The number of esters is 1. The highest BCUT2D eigenvalue weighted by molar-refractivity contribution is 5.88. The van der Waals surface area contributed by atoms with E-state index in [0.717, 1.165) is 6.08 Å². The summed E-state index contributed by atoms with van der Waals surface area (Å²) in [5, 5.41) is 35.9. The third kappa shape index (κ3) is 5.55. The average molecular weight is 248 g/mol. The first kappa shape index (κ1) is 15.7. The van der Waals surface area contributed by atoms with Crippen molar-refractivity contribution >= 4 is 11.8 Å². The van der Waals surface area contributed by atoms with Gasteiger partial charge in [-0.05, 0) is 6.92 Å². The van der Waals surface area contributed by atoms with Crippen LogP contribution in [0.15, 0.2) is 12.2 Å². The molecule has 98 valence electrons. The number of hydrogen-bond acceptors (Lipinski definition) is 7. The second kappa shape index (κ2) is 7.91. The van der Waals surface area contributed by atoms with Crippen molar-refractivity contribution in [2.45, 2.75) is 25.2 Å². The highest BCUT2D eigenvalue weighted by atomic mass is 16.5. The molecule has 0 fully saturated rings. The largest absolute Gasteiger partial charge is 0.454 e. The van der Waals surface area contributed by atoms with Crippen LogP contribution in [0, 0.1) is 0 Å². The van der Waals surface area contributed by atoms with Gasteiger partial charge in [-0.15, -0.1) is 0 Å². The molecule has 0 saturated heterocycles. The molecule has 4 N–H and O–H groups in total. The molecule has 0 aliphatic rings. The van der Waals surface area contributed by atoms with Gasteiger partial charge in [-0.25, -0.2) is 4.79 Å². The second-order valence-electron chi connectivity index (χ2n) is 3.26. The van der Waals surface area contributed by atoms with Crippen molar-refractivity contribution in [1.29, 1.82) is 0 Å². The molecule has 17 heavy (non-hydrogen) atoms. The van der Waals surface area contributed by atoms with Crippen LogP contribution in [0.2, 0.25) is 0 Å². The predicted octanol–water partition coefficient (Wildman–Crippen LogP) is -2.25. The van der Waals surface area contributed by atoms with Gasteiger partial charge in [0.05, 0.1) is 6.61 Å². The van der Waals surface area contributed by atoms with Gasteiger partial charge in [0.2, 0.25) is 5.78 Å². The number of aliphatic hydroxyl groups excluding tert-OH is 4. The molecule has 0 unspecified atom stereocenters. The zero-order valence-corrected chi connectivity index (χ0v) is 9.31. The van der Waals surface area contributed by atoms with E-state index in [0.29, 0.717) is 0 Å². The van der Waals surface area contributed by atoms with Gasteiger partial charge in [-0.3, -0.25) is 4.79 Å². The summed E-state index contributed by atoms with van der Waals surface area (Å²) in [5.74, 6) is -1.73. The van der Waals surface area contributed by atoms with Gasteiger partial charge in [0.15, 0.2) is 6.61 Å². The molecule has 0 amide bonds. The Hall–Kier alpha value is -1.28. The zero-order chi connectivity index (χ0) is 13.4. The molecule has 0 bridgehead atoms. The fourth-order valence-electron chi connectivity index (χ4n) is 0.921. The van der Waals surface area contributed by atoms with Gasteiger partial charge in [-0.1, -0.05) is 6.08 Å². The number of allylic oxidation sites excluding steroid dienone is 1. The van der Waals surface area contributed by atoms with Crippen molar-refractivity contribution in [2.75, 3.05) is 13.2 Å². The molecule has 0 aliphatic heterocycles. The minimum Gasteiger partial charge on any atom is -0.454 e. The molecule has 0 saturated carbocycles. The Labute approximate surface area is 97.9 Å². The van der Waals surface area contributed by atoms with Crippen LogP contribution in [0.4, 0.5) is 0 Å². The third-order valence-electron chi connectivity index (χ3n) is 1.89. The molecule has 0 aromatic rings. The van der Waals surface area contributed by atoms with Crippen LogP contribution in [0.25, 0.3) is 0 Å². The fraction of sp³-hybridized carbons (Fsp3) is 0.600. The van der Waals surface area contributed by atoms with Crippen LogP contribution in [-0.2, 0) is 14.3 Å². The maximum absolute atomic E-state index is 11.2. The number of ether oxygens (including phenoxy) is 1. The van der Waals surface area contributed by atoms with Gasteiger partial charge < -0.3 is 25.2 Å². The molecule has 0 aromatic carbocycles. The molecule has 3 atom stereocenters. The quantitative estimate of drug-likeness (QED) is 0.296. The van der Waals surface area contributed by atoms with Crippen LogP contribution in [0.5, 0.6) is 0 Å². The molecule has 0 aromatic heterocycles. The van der Waals surface area contributed by atoms with Crippen LogP contribution in [0.1, 0.15) is 6.92 Å². The van der Waals surface area contributed by atoms with Gasteiger partial charge in [0.1, 0.15) is 18.3 Å². The smallest absolute Gasteiger partial charge is 0.330 e. The molecule has 0 rings (SSSR count). The number of Topliss-reactive ketones (excluding diaryl/α,β-unsaturated/α-hetero) is 1. The summed E-state index contributed by atoms with van der Waals surface area (Å²) in [4.78, 5) is 22.0. The predicted molar refractivity (Wildman–Crippen MR) is 55.9 cm³/mol. The summed E-state index contributed by atoms with van der Waals surface area (Å²) in [5.41, 5.74) is 0. The number of hydrogen-bond donors (Lipinski definition) is 4. The van der Waals surface area contributed by atoms with E-state index in [9.17, 15) is 19.8 Å². The summed E-state index contributed by atoms with van der Waals surface area (Å²) in [6.45, 7) is 0.0582. The van der Waals surface area contributed by atoms with Gasteiger partial charge in [-0.2, -0.15) is 0 Å². The van der Waals surface area contributed by atoms with Crippen molar-refractivity contribution < 1.29 is 34.8 Å². The fourth-order valence-corrected chi connectivity index (χ4v) is 0.921. The lowest BCUT2D eigenvalue weighted by Crippen LogP contribution is -2.45. The normalized spacial score (nSPS) is 16.5. The van der Waals surface area contributed by atoms with Gasteiger partial charge in [0, 0.05) is 6.08 Å². The molecule has 0 spiro atoms. The highest BCUT2D eigenvalue weighted by Gasteiger charge is 2.30. The average Bonchev–Trinajstić information content (AvgIpc) is 2.33. The van der Waals surface area contributed by atoms with E-state index in [4.69, 9.17) is 10.2 Å². The van der Waals surface area contributed by atoms with Crippen LogP contribution < -0.4 is 0 Å². The number of ketones is 1. The van der Waals surface area contributed by atoms with Crippen LogP contribution in [0.3, 0.4) is 0 Å². The molecule has 0 radical (unpaired) electrons. The van der Waals surface area contributed by atoms with E-state index in [-0.39, 0.29) is 0 Å². The van der Waals surface area contributed by atoms with Crippen molar-refractivity contribution in [1.82, 2.24) is 0 Å². The maximum Gasteiger partial charge on any atom is 0.330 e. The molecule has 0 heterocycles. The van der Waals surface area contributed by atoms with E-state index < -0.39 is 43.3 Å². The number of carbonyl (C=O) groups is 2. The minimum atomic E-state index is -1.92. The Balaban J connectivity index is 4.18. The van der Waals surface area contributed by atoms with E-state index >= 15 is 0 Å². The molecular weight excluding hydrogens is 232 g/mol. The third-order valence-corrected chi connectivity index (χ3v) is 1.89. The summed E-state index contributed by atoms with van der Waals surface area (Å²) in [6.07, 6.45) is -2.89. The number of carbonyl (C=O) groups excluding carboxylic acids is 2. The monoisotopic (exact) mass is 248 g/mol. The van der Waals surface area contributed by atoms with E-state index in [1.54, 1.807) is 6.92 Å². The van der Waals surface area contributed by atoms with Crippen LogP contribution >= 0.6 is 0 Å². The lowest BCUT2D eigenvalue weighted by atomic mass is 10.1. The van der Waals surface area contributed by atoms with Crippen molar-refractivity contribution in [3.05, 3.63) is 12.2 Å².